The van der Waals surface area contributed by atoms with Gasteiger partial charge in [-0.05, 0) is 84.9 Å². The van der Waals surface area contributed by atoms with Crippen LogP contribution in [0, 0.1) is 0 Å². The molecule has 0 aliphatic rings. The van der Waals surface area contributed by atoms with E-state index in [-0.39, 0.29) is 27.3 Å². The lowest BCUT2D eigenvalue weighted by molar-refractivity contribution is 1.31. The van der Waals surface area contributed by atoms with Gasteiger partial charge >= 0.3 is 0 Å². The summed E-state index contributed by atoms with van der Waals surface area (Å²) in [5, 5.41) is 7.45. The third-order valence-electron chi connectivity index (χ3n) is 9.33. The zero-order valence-corrected chi connectivity index (χ0v) is 26.2. The summed E-state index contributed by atoms with van der Waals surface area (Å²) in [6.45, 7) is 0. The van der Waals surface area contributed by atoms with Crippen molar-refractivity contribution in [1.82, 2.24) is 0 Å². The van der Waals surface area contributed by atoms with E-state index in [0.29, 0.717) is 5.69 Å². The highest BCUT2D eigenvalue weighted by Crippen LogP contribution is 2.38. The Morgan fingerprint density at radius 3 is 1.15 bits per heavy atom. The summed E-state index contributed by atoms with van der Waals surface area (Å²) in [5.41, 5.74) is 7.70. The summed E-state index contributed by atoms with van der Waals surface area (Å²) in [7, 11) is 32.1. The van der Waals surface area contributed by atoms with Gasteiger partial charge in [0.25, 0.3) is 0 Å². The van der Waals surface area contributed by atoms with Crippen LogP contribution in [0.5, 0.6) is 0 Å². The molecule has 0 saturated carbocycles. The highest BCUT2D eigenvalue weighted by Gasteiger charge is 2.20. The van der Waals surface area contributed by atoms with Crippen LogP contribution in [0.4, 0.5) is 17.1 Å². The molecule has 0 spiro atoms. The summed E-state index contributed by atoms with van der Waals surface area (Å²) < 4.78 is 0. The molecule has 0 amide bonds. The van der Waals surface area contributed by atoms with Crippen molar-refractivity contribution in [3.05, 3.63) is 146 Å². The molecule has 0 fully saturated rings. The standard InChI is InChI=1S/C42H24B5N/c43-37-38(44)40(46)42(41(47)39(37)45)48(29-19-14-26(15-20-29)25-8-2-1-3-9-25)30-21-16-27(17-22-30)28-18-23-35-33-12-5-4-10-31(33)32-11-6-7-13-34(32)36(35)24-28/h1-24H. The fourth-order valence-corrected chi connectivity index (χ4v) is 6.81. The SMILES string of the molecule is [B]c1c([B])c([B])c(N(c2ccc(-c3ccccc3)cc2)c2ccc(-c3ccc4c5ccccc5c5ccccc5c4c3)cc2)c([B])c1[B]. The van der Waals surface area contributed by atoms with Crippen molar-refractivity contribution in [3.63, 3.8) is 0 Å². The third kappa shape index (κ3) is 4.95. The van der Waals surface area contributed by atoms with Gasteiger partial charge in [0.15, 0.2) is 0 Å². The van der Waals surface area contributed by atoms with Gasteiger partial charge in [0, 0.05) is 17.1 Å². The van der Waals surface area contributed by atoms with Crippen LogP contribution < -0.4 is 32.2 Å². The third-order valence-corrected chi connectivity index (χ3v) is 9.33. The number of fused-ring (bicyclic) bond motifs is 6. The molecule has 0 atom stereocenters. The first-order valence-corrected chi connectivity index (χ1v) is 15.8. The van der Waals surface area contributed by atoms with E-state index >= 15 is 0 Å². The van der Waals surface area contributed by atoms with Crippen LogP contribution in [-0.2, 0) is 0 Å². The normalized spacial score (nSPS) is 11.3. The topological polar surface area (TPSA) is 3.24 Å². The monoisotopic (exact) mass is 597 g/mol. The van der Waals surface area contributed by atoms with Gasteiger partial charge in [-0.15, -0.1) is 16.4 Å². The first kappa shape index (κ1) is 30.0. The molecule has 0 aromatic heterocycles. The first-order chi connectivity index (χ1) is 23.4. The van der Waals surface area contributed by atoms with Gasteiger partial charge in [-0.3, -0.25) is 0 Å². The van der Waals surface area contributed by atoms with Gasteiger partial charge in [0.1, 0.15) is 39.2 Å². The van der Waals surface area contributed by atoms with Crippen LogP contribution in [0.15, 0.2) is 146 Å². The van der Waals surface area contributed by atoms with Gasteiger partial charge in [-0.2, -0.15) is 0 Å². The maximum absolute atomic E-state index is 6.63. The number of nitrogens with zero attached hydrogens (tertiary/aromatic N) is 1. The summed E-state index contributed by atoms with van der Waals surface area (Å²) in [4.78, 5) is 1.98. The van der Waals surface area contributed by atoms with Crippen LogP contribution in [0.1, 0.15) is 0 Å². The van der Waals surface area contributed by atoms with E-state index in [9.17, 15) is 0 Å². The highest BCUT2D eigenvalue weighted by atomic mass is 15.1. The number of hydrogen-bond acceptors (Lipinski definition) is 1. The van der Waals surface area contributed by atoms with Crippen molar-refractivity contribution in [2.24, 2.45) is 0 Å². The Morgan fingerprint density at radius 2 is 0.646 bits per heavy atom. The molecule has 212 valence electrons. The van der Waals surface area contributed by atoms with E-state index < -0.39 is 0 Å². The Balaban J connectivity index is 1.26. The Kier molecular flexibility index (Phi) is 7.53. The van der Waals surface area contributed by atoms with Crippen LogP contribution in [0.2, 0.25) is 0 Å². The number of benzene rings is 8. The zero-order chi connectivity index (χ0) is 32.9. The Bertz CT molecular complexity index is 2430. The van der Waals surface area contributed by atoms with Gasteiger partial charge in [0.05, 0.1) is 0 Å². The molecule has 0 heterocycles. The fraction of sp³-hybridized carbons (Fsp3) is 0. The predicted octanol–water partition coefficient (Wildman–Crippen LogP) is 5.92. The average Bonchev–Trinajstić information content (AvgIpc) is 3.15. The lowest BCUT2D eigenvalue weighted by Gasteiger charge is -2.32. The second-order valence-corrected chi connectivity index (χ2v) is 12.1. The Labute approximate surface area is 287 Å². The molecule has 0 N–H and O–H groups in total. The van der Waals surface area contributed by atoms with Gasteiger partial charge in [-0.1, -0.05) is 126 Å². The molecule has 48 heavy (non-hydrogen) atoms. The summed E-state index contributed by atoms with van der Waals surface area (Å²) >= 11 is 0. The lowest BCUT2D eigenvalue weighted by atomic mass is 9.61. The van der Waals surface area contributed by atoms with E-state index in [2.05, 4.69) is 115 Å². The van der Waals surface area contributed by atoms with Crippen LogP contribution in [0.25, 0.3) is 54.6 Å². The minimum Gasteiger partial charge on any atom is -0.312 e. The molecule has 0 unspecified atom stereocenters. The molecule has 6 heteroatoms. The lowest BCUT2D eigenvalue weighted by Crippen LogP contribution is -2.56. The van der Waals surface area contributed by atoms with E-state index in [1.165, 1.54) is 32.3 Å². The molecular weight excluding hydrogens is 573 g/mol. The Hall–Kier alpha value is -5.34. The van der Waals surface area contributed by atoms with Gasteiger partial charge < -0.3 is 4.90 Å². The van der Waals surface area contributed by atoms with Crippen molar-refractivity contribution < 1.29 is 0 Å². The van der Waals surface area contributed by atoms with Crippen molar-refractivity contribution >= 4 is 116 Å². The number of rotatable bonds is 5. The van der Waals surface area contributed by atoms with E-state index in [1.807, 2.05) is 35.2 Å². The number of anilines is 3. The summed E-state index contributed by atoms with van der Waals surface area (Å²) in [6.07, 6.45) is 0. The molecule has 1 nitrogen and oxygen atoms in total. The van der Waals surface area contributed by atoms with Gasteiger partial charge in [0.2, 0.25) is 0 Å². The minimum atomic E-state index is 0.181. The van der Waals surface area contributed by atoms with Crippen molar-refractivity contribution in [3.8, 4) is 22.3 Å². The molecule has 0 saturated heterocycles. The second kappa shape index (κ2) is 12.0. The maximum atomic E-state index is 6.63. The van der Waals surface area contributed by atoms with Crippen LogP contribution >= 0.6 is 0 Å². The molecule has 8 aromatic rings. The number of hydrogen-bond donors (Lipinski definition) is 0. The molecule has 0 aliphatic heterocycles. The second-order valence-electron chi connectivity index (χ2n) is 12.1. The smallest absolute Gasteiger partial charge is 0.115 e. The Morgan fingerprint density at radius 1 is 0.292 bits per heavy atom. The summed E-state index contributed by atoms with van der Waals surface area (Å²) in [6, 6.07) is 50.7. The fourth-order valence-electron chi connectivity index (χ4n) is 6.81. The quantitative estimate of drug-likeness (QED) is 0.176. The zero-order valence-electron chi connectivity index (χ0n) is 26.2. The van der Waals surface area contributed by atoms with Crippen molar-refractivity contribution in [2.45, 2.75) is 0 Å². The maximum Gasteiger partial charge on any atom is 0.115 e. The molecule has 0 bridgehead atoms. The predicted molar refractivity (Wildman–Crippen MR) is 211 cm³/mol. The van der Waals surface area contributed by atoms with Crippen molar-refractivity contribution in [2.75, 3.05) is 4.90 Å². The molecule has 8 rings (SSSR count). The molecule has 0 aliphatic carbocycles. The van der Waals surface area contributed by atoms with E-state index in [4.69, 9.17) is 39.2 Å². The van der Waals surface area contributed by atoms with Crippen LogP contribution in [-0.4, -0.2) is 39.2 Å². The highest BCUT2D eigenvalue weighted by molar-refractivity contribution is 6.69. The molecular formula is C42H24B5N. The van der Waals surface area contributed by atoms with E-state index in [0.717, 1.165) is 33.6 Å². The molecule has 10 radical (unpaired) electrons. The van der Waals surface area contributed by atoms with Gasteiger partial charge in [-0.25, -0.2) is 0 Å². The average molecular weight is 597 g/mol. The largest absolute Gasteiger partial charge is 0.312 e. The van der Waals surface area contributed by atoms with Crippen molar-refractivity contribution in [1.29, 1.82) is 0 Å². The minimum absolute atomic E-state index is 0.181. The molecule has 8 aromatic carbocycles. The summed E-state index contributed by atoms with van der Waals surface area (Å²) in [5.74, 6) is 0. The van der Waals surface area contributed by atoms with E-state index in [1.54, 1.807) is 0 Å². The van der Waals surface area contributed by atoms with Crippen LogP contribution in [0.3, 0.4) is 0 Å². The first-order valence-electron chi connectivity index (χ1n) is 15.8.